The molecular formula is C34H30. The third-order valence-electron chi connectivity index (χ3n) is 6.44. The summed E-state index contributed by atoms with van der Waals surface area (Å²) >= 11 is 0. The molecule has 0 spiro atoms. The molecule has 0 heterocycles. The van der Waals surface area contributed by atoms with Crippen LogP contribution in [-0.2, 0) is 25.7 Å². The predicted molar refractivity (Wildman–Crippen MR) is 143 cm³/mol. The number of rotatable bonds is 8. The van der Waals surface area contributed by atoms with Gasteiger partial charge in [0.25, 0.3) is 0 Å². The molecule has 0 aliphatic carbocycles. The Hall–Kier alpha value is -3.90. The van der Waals surface area contributed by atoms with E-state index in [9.17, 15) is 0 Å². The molecule has 0 aliphatic rings. The summed E-state index contributed by atoms with van der Waals surface area (Å²) < 4.78 is 0. The maximum absolute atomic E-state index is 2.45. The van der Waals surface area contributed by atoms with Crippen molar-refractivity contribution in [2.45, 2.75) is 25.7 Å². The second-order valence-corrected chi connectivity index (χ2v) is 9.04. The van der Waals surface area contributed by atoms with Gasteiger partial charge in [0.05, 0.1) is 0 Å². The van der Waals surface area contributed by atoms with Crippen molar-refractivity contribution in [3.8, 4) is 0 Å². The van der Waals surface area contributed by atoms with Gasteiger partial charge in [0.1, 0.15) is 0 Å². The van der Waals surface area contributed by atoms with Crippen molar-refractivity contribution >= 4 is 0 Å². The van der Waals surface area contributed by atoms with E-state index in [4.69, 9.17) is 0 Å². The minimum absolute atomic E-state index is 0.952. The first-order valence-corrected chi connectivity index (χ1v) is 12.1. The molecule has 0 unspecified atom stereocenters. The fourth-order valence-electron chi connectivity index (χ4n) is 4.78. The average molecular weight is 439 g/mol. The van der Waals surface area contributed by atoms with E-state index in [1.165, 1.54) is 44.5 Å². The Balaban J connectivity index is 1.61. The van der Waals surface area contributed by atoms with Gasteiger partial charge in [0, 0.05) is 0 Å². The number of benzene rings is 5. The Bertz CT molecular complexity index is 1240. The second-order valence-electron chi connectivity index (χ2n) is 9.04. The van der Waals surface area contributed by atoms with Crippen molar-refractivity contribution in [2.75, 3.05) is 0 Å². The van der Waals surface area contributed by atoms with Crippen LogP contribution < -0.4 is 0 Å². The molecule has 0 radical (unpaired) electrons. The molecule has 0 heteroatoms. The van der Waals surface area contributed by atoms with Crippen LogP contribution in [0.1, 0.15) is 44.5 Å². The number of hydrogen-bond donors (Lipinski definition) is 0. The Morgan fingerprint density at radius 2 is 0.618 bits per heavy atom. The average Bonchev–Trinajstić information content (AvgIpc) is 2.88. The lowest BCUT2D eigenvalue weighted by Crippen LogP contribution is -2.06. The zero-order valence-corrected chi connectivity index (χ0v) is 19.5. The van der Waals surface area contributed by atoms with Gasteiger partial charge < -0.3 is 0 Å². The van der Waals surface area contributed by atoms with Gasteiger partial charge >= 0.3 is 0 Å². The van der Waals surface area contributed by atoms with Crippen molar-refractivity contribution in [1.82, 2.24) is 0 Å². The van der Waals surface area contributed by atoms with E-state index in [-0.39, 0.29) is 0 Å². The van der Waals surface area contributed by atoms with Gasteiger partial charge in [-0.15, -0.1) is 0 Å². The van der Waals surface area contributed by atoms with Crippen LogP contribution in [0, 0.1) is 0 Å². The van der Waals surface area contributed by atoms with Gasteiger partial charge in [-0.2, -0.15) is 0 Å². The molecule has 0 nitrogen and oxygen atoms in total. The molecule has 5 aromatic carbocycles. The van der Waals surface area contributed by atoms with Crippen LogP contribution in [0.2, 0.25) is 0 Å². The van der Waals surface area contributed by atoms with E-state index < -0.39 is 0 Å². The summed E-state index contributed by atoms with van der Waals surface area (Å²) in [7, 11) is 0. The molecule has 34 heavy (non-hydrogen) atoms. The molecule has 0 fully saturated rings. The standard InChI is InChI=1S/C34H30/c1-5-13-27(14-6-1)21-31-24-32(22-28-15-7-2-8-16-28)34(26-30-19-11-4-12-20-30)33(25-31)23-29-17-9-3-10-18-29/h1-20,24-25H,21-23,26H2. The molecule has 0 aliphatic heterocycles. The molecule has 0 atom stereocenters. The van der Waals surface area contributed by atoms with E-state index in [2.05, 4.69) is 133 Å². The third kappa shape index (κ3) is 5.71. The van der Waals surface area contributed by atoms with Crippen LogP contribution in [0.3, 0.4) is 0 Å². The fourth-order valence-corrected chi connectivity index (χ4v) is 4.78. The molecule has 5 rings (SSSR count). The maximum Gasteiger partial charge on any atom is -0.00201 e. The van der Waals surface area contributed by atoms with E-state index in [0.717, 1.165) is 25.7 Å². The lowest BCUT2D eigenvalue weighted by atomic mass is 9.86. The molecular weight excluding hydrogens is 408 g/mol. The monoisotopic (exact) mass is 438 g/mol. The van der Waals surface area contributed by atoms with Gasteiger partial charge in [0.15, 0.2) is 0 Å². The first kappa shape index (κ1) is 21.9. The van der Waals surface area contributed by atoms with Gasteiger partial charge in [-0.05, 0) is 70.2 Å². The molecule has 5 aromatic rings. The van der Waals surface area contributed by atoms with Crippen LogP contribution in [0.5, 0.6) is 0 Å². The molecule has 0 saturated heterocycles. The molecule has 0 aromatic heterocycles. The summed E-state index contributed by atoms with van der Waals surface area (Å²) in [6, 6.07) is 48.3. The van der Waals surface area contributed by atoms with E-state index in [0.29, 0.717) is 0 Å². The zero-order chi connectivity index (χ0) is 23.0. The minimum atomic E-state index is 0.952. The first-order valence-electron chi connectivity index (χ1n) is 12.1. The molecule has 0 amide bonds. The summed E-state index contributed by atoms with van der Waals surface area (Å²) in [5.41, 5.74) is 11.2. The fraction of sp³-hybridized carbons (Fsp3) is 0.118. The summed E-state index contributed by atoms with van der Waals surface area (Å²) in [6.45, 7) is 0. The van der Waals surface area contributed by atoms with Crippen LogP contribution in [0.25, 0.3) is 0 Å². The van der Waals surface area contributed by atoms with Crippen LogP contribution >= 0.6 is 0 Å². The Morgan fingerprint density at radius 3 is 1.00 bits per heavy atom. The largest absolute Gasteiger partial charge is 0.0622 e. The summed E-state index contributed by atoms with van der Waals surface area (Å²) in [5, 5.41) is 0. The van der Waals surface area contributed by atoms with Crippen molar-refractivity contribution in [2.24, 2.45) is 0 Å². The van der Waals surface area contributed by atoms with Crippen molar-refractivity contribution < 1.29 is 0 Å². The van der Waals surface area contributed by atoms with Crippen LogP contribution in [0.4, 0.5) is 0 Å². The highest BCUT2D eigenvalue weighted by molar-refractivity contribution is 5.47. The lowest BCUT2D eigenvalue weighted by molar-refractivity contribution is 1.01. The topological polar surface area (TPSA) is 0 Å². The first-order chi connectivity index (χ1) is 16.8. The third-order valence-corrected chi connectivity index (χ3v) is 6.44. The van der Waals surface area contributed by atoms with Gasteiger partial charge in [0.2, 0.25) is 0 Å². The van der Waals surface area contributed by atoms with Gasteiger partial charge in [-0.25, -0.2) is 0 Å². The maximum atomic E-state index is 2.45. The highest BCUT2D eigenvalue weighted by Crippen LogP contribution is 2.27. The summed E-state index contributed by atoms with van der Waals surface area (Å²) in [5.74, 6) is 0. The highest BCUT2D eigenvalue weighted by Gasteiger charge is 2.14. The number of hydrogen-bond acceptors (Lipinski definition) is 0. The smallest absolute Gasteiger partial charge is 0.00201 e. The van der Waals surface area contributed by atoms with Crippen LogP contribution in [-0.4, -0.2) is 0 Å². The van der Waals surface area contributed by atoms with E-state index in [1.54, 1.807) is 0 Å². The summed E-state index contributed by atoms with van der Waals surface area (Å²) in [4.78, 5) is 0. The highest BCUT2D eigenvalue weighted by atomic mass is 14.2. The van der Waals surface area contributed by atoms with E-state index >= 15 is 0 Å². The van der Waals surface area contributed by atoms with Gasteiger partial charge in [-0.3, -0.25) is 0 Å². The quantitative estimate of drug-likeness (QED) is 0.230. The van der Waals surface area contributed by atoms with E-state index in [1.807, 2.05) is 0 Å². The van der Waals surface area contributed by atoms with Crippen molar-refractivity contribution in [3.63, 3.8) is 0 Å². The lowest BCUT2D eigenvalue weighted by Gasteiger charge is -2.19. The molecule has 0 saturated carbocycles. The van der Waals surface area contributed by atoms with Crippen LogP contribution in [0.15, 0.2) is 133 Å². The van der Waals surface area contributed by atoms with Crippen molar-refractivity contribution in [1.29, 1.82) is 0 Å². The van der Waals surface area contributed by atoms with Crippen molar-refractivity contribution in [3.05, 3.63) is 178 Å². The Kier molecular flexibility index (Phi) is 6.97. The summed E-state index contributed by atoms with van der Waals surface area (Å²) in [6.07, 6.45) is 3.81. The van der Waals surface area contributed by atoms with Gasteiger partial charge in [-0.1, -0.05) is 133 Å². The predicted octanol–water partition coefficient (Wildman–Crippen LogP) is 8.05. The Labute approximate surface area is 203 Å². The minimum Gasteiger partial charge on any atom is -0.0622 e. The molecule has 166 valence electrons. The normalized spacial score (nSPS) is 10.8. The Morgan fingerprint density at radius 1 is 0.294 bits per heavy atom. The second kappa shape index (κ2) is 10.8. The SMILES string of the molecule is c1ccc(Cc2cc(Cc3ccccc3)c(Cc3ccccc3)c(Cc3ccccc3)c2)cc1. The molecule has 0 bridgehead atoms. The molecule has 0 N–H and O–H groups in total. The zero-order valence-electron chi connectivity index (χ0n) is 19.5.